The lowest BCUT2D eigenvalue weighted by Gasteiger charge is -2.42. The van der Waals surface area contributed by atoms with Crippen LogP contribution in [0.15, 0.2) is 42.2 Å². The zero-order valence-electron chi connectivity index (χ0n) is 16.1. The number of ether oxygens (including phenoxy) is 4. The lowest BCUT2D eigenvalue weighted by molar-refractivity contribution is -0.290. The minimum Gasteiger partial charge on any atom is -0.464 e. The van der Waals surface area contributed by atoms with Crippen molar-refractivity contribution in [3.05, 3.63) is 47.7 Å². The van der Waals surface area contributed by atoms with Gasteiger partial charge in [-0.15, -0.1) is 0 Å². The third kappa shape index (κ3) is 5.14. The van der Waals surface area contributed by atoms with E-state index in [1.54, 1.807) is 6.92 Å². The molecule has 0 aromatic heterocycles. The van der Waals surface area contributed by atoms with E-state index in [-0.39, 0.29) is 25.6 Å². The van der Waals surface area contributed by atoms with Gasteiger partial charge in [0.1, 0.15) is 18.0 Å². The van der Waals surface area contributed by atoms with Crippen LogP contribution >= 0.6 is 0 Å². The highest BCUT2D eigenvalue weighted by atomic mass is 16.7. The second-order valence-corrected chi connectivity index (χ2v) is 7.22. The molecule has 9 heteroatoms. The smallest absolute Gasteiger partial charge is 0.228 e. The molecular formula is C20H28O9. The fourth-order valence-corrected chi connectivity index (χ4v) is 3.30. The van der Waals surface area contributed by atoms with Crippen molar-refractivity contribution in [1.82, 2.24) is 0 Å². The number of benzene rings is 1. The van der Waals surface area contributed by atoms with Crippen molar-refractivity contribution in [1.29, 1.82) is 0 Å². The van der Waals surface area contributed by atoms with E-state index in [0.717, 1.165) is 5.56 Å². The topological polar surface area (TPSA) is 138 Å². The molecule has 1 fully saturated rings. The maximum Gasteiger partial charge on any atom is 0.228 e. The van der Waals surface area contributed by atoms with Crippen molar-refractivity contribution in [3.8, 4) is 0 Å². The summed E-state index contributed by atoms with van der Waals surface area (Å²) in [6, 6.07) is 9.29. The highest BCUT2D eigenvalue weighted by molar-refractivity contribution is 5.14. The van der Waals surface area contributed by atoms with E-state index in [2.05, 4.69) is 0 Å². The molecule has 1 aromatic carbocycles. The Hall–Kier alpha value is -1.56. The van der Waals surface area contributed by atoms with Gasteiger partial charge in [0.25, 0.3) is 0 Å². The number of aliphatic hydroxyl groups excluding tert-OH is 5. The van der Waals surface area contributed by atoms with Crippen molar-refractivity contribution in [2.75, 3.05) is 13.2 Å². The molecule has 0 aliphatic carbocycles. The maximum atomic E-state index is 10.6. The van der Waals surface area contributed by atoms with Crippen LogP contribution in [0.25, 0.3) is 0 Å². The molecule has 0 amide bonds. The summed E-state index contributed by atoms with van der Waals surface area (Å²) in [6.07, 6.45) is -6.52. The Labute approximate surface area is 168 Å². The zero-order valence-corrected chi connectivity index (χ0v) is 16.1. The predicted molar refractivity (Wildman–Crippen MR) is 99.1 cm³/mol. The Morgan fingerprint density at radius 1 is 0.931 bits per heavy atom. The summed E-state index contributed by atoms with van der Waals surface area (Å²) in [7, 11) is 0. The van der Waals surface area contributed by atoms with Gasteiger partial charge >= 0.3 is 0 Å². The first kappa shape index (κ1) is 22.1. The number of hydrogen-bond acceptors (Lipinski definition) is 9. The van der Waals surface area contributed by atoms with Crippen molar-refractivity contribution >= 4 is 0 Å². The largest absolute Gasteiger partial charge is 0.464 e. The van der Waals surface area contributed by atoms with Gasteiger partial charge < -0.3 is 44.5 Å². The van der Waals surface area contributed by atoms with E-state index in [1.165, 1.54) is 6.08 Å². The molecule has 1 aromatic rings. The average Bonchev–Trinajstić information content (AvgIpc) is 2.75. The van der Waals surface area contributed by atoms with Crippen LogP contribution in [-0.4, -0.2) is 81.8 Å². The molecule has 2 aliphatic heterocycles. The molecule has 5 N–H and O–H groups in total. The van der Waals surface area contributed by atoms with Crippen LogP contribution in [0.5, 0.6) is 0 Å². The van der Waals surface area contributed by atoms with Gasteiger partial charge in [0.05, 0.1) is 32.0 Å². The van der Waals surface area contributed by atoms with Crippen molar-refractivity contribution in [2.45, 2.75) is 56.6 Å². The quantitative estimate of drug-likeness (QED) is 0.392. The molecule has 8 atom stereocenters. The van der Waals surface area contributed by atoms with Gasteiger partial charge in [-0.1, -0.05) is 37.3 Å². The molecule has 1 saturated heterocycles. The second-order valence-electron chi connectivity index (χ2n) is 7.22. The Bertz CT molecular complexity index is 665. The highest BCUT2D eigenvalue weighted by Crippen LogP contribution is 2.30. The van der Waals surface area contributed by atoms with E-state index in [1.807, 2.05) is 30.3 Å². The van der Waals surface area contributed by atoms with Crippen LogP contribution < -0.4 is 0 Å². The molecule has 29 heavy (non-hydrogen) atoms. The molecule has 2 aliphatic rings. The monoisotopic (exact) mass is 412 g/mol. The minimum absolute atomic E-state index is 0.0177. The first-order valence-electron chi connectivity index (χ1n) is 9.55. The third-order valence-corrected chi connectivity index (χ3v) is 5.14. The summed E-state index contributed by atoms with van der Waals surface area (Å²) in [5, 5.41) is 50.0. The SMILES string of the molecule is C[C@@H]1C(CO)O[C@@H](OC2=CC(CO)O[C@@H](OCc3ccccc3)C2O)C(O)[C@H]1O. The summed E-state index contributed by atoms with van der Waals surface area (Å²) in [4.78, 5) is 0. The predicted octanol–water partition coefficient (Wildman–Crippen LogP) is -0.743. The molecule has 3 rings (SSSR count). The van der Waals surface area contributed by atoms with Crippen molar-refractivity contribution in [2.24, 2.45) is 5.92 Å². The standard InChI is InChI=1S/C20H28O9/c1-11-15(9-22)29-20(18(25)16(11)23)28-14-7-13(8-21)27-19(17(14)24)26-10-12-5-3-2-4-6-12/h2-7,11,13,15-25H,8-10H2,1H3/t11-,13?,15?,16+,17?,18?,19-,20-/m1/s1. The molecule has 4 unspecified atom stereocenters. The van der Waals surface area contributed by atoms with Crippen molar-refractivity contribution in [3.63, 3.8) is 0 Å². The van der Waals surface area contributed by atoms with E-state index in [0.29, 0.717) is 0 Å². The van der Waals surface area contributed by atoms with E-state index in [4.69, 9.17) is 18.9 Å². The number of rotatable bonds is 7. The van der Waals surface area contributed by atoms with Gasteiger partial charge in [0, 0.05) is 5.92 Å². The van der Waals surface area contributed by atoms with Crippen LogP contribution in [-0.2, 0) is 25.6 Å². The molecule has 0 radical (unpaired) electrons. The summed E-state index contributed by atoms with van der Waals surface area (Å²) >= 11 is 0. The lowest BCUT2D eigenvalue weighted by Crippen LogP contribution is -2.56. The van der Waals surface area contributed by atoms with Crippen LogP contribution in [0, 0.1) is 5.92 Å². The molecule has 162 valence electrons. The Balaban J connectivity index is 1.69. The van der Waals surface area contributed by atoms with Crippen LogP contribution in [0.2, 0.25) is 0 Å². The normalized spacial score (nSPS) is 37.8. The Morgan fingerprint density at radius 3 is 2.31 bits per heavy atom. The second kappa shape index (κ2) is 9.96. The molecule has 0 spiro atoms. The fraction of sp³-hybridized carbons (Fsp3) is 0.600. The lowest BCUT2D eigenvalue weighted by atomic mass is 9.91. The number of aliphatic hydroxyl groups is 5. The zero-order chi connectivity index (χ0) is 21.0. The van der Waals surface area contributed by atoms with Gasteiger partial charge in [-0.2, -0.15) is 0 Å². The molecule has 2 heterocycles. The van der Waals surface area contributed by atoms with Gasteiger partial charge in [-0.05, 0) is 11.6 Å². The van der Waals surface area contributed by atoms with Crippen molar-refractivity contribution < 1.29 is 44.5 Å². The van der Waals surface area contributed by atoms with E-state index >= 15 is 0 Å². The van der Waals surface area contributed by atoms with E-state index in [9.17, 15) is 25.5 Å². The summed E-state index contributed by atoms with van der Waals surface area (Å²) in [5.74, 6) is -0.522. The first-order chi connectivity index (χ1) is 13.9. The highest BCUT2D eigenvalue weighted by Gasteiger charge is 2.45. The summed E-state index contributed by atoms with van der Waals surface area (Å²) in [5.41, 5.74) is 0.870. The molecular weight excluding hydrogens is 384 g/mol. The average molecular weight is 412 g/mol. The van der Waals surface area contributed by atoms with Gasteiger partial charge in [0.15, 0.2) is 12.4 Å². The molecule has 0 saturated carbocycles. The first-order valence-corrected chi connectivity index (χ1v) is 9.55. The van der Waals surface area contributed by atoms with Gasteiger partial charge in [0.2, 0.25) is 6.29 Å². The molecule has 0 bridgehead atoms. The molecule has 9 nitrogen and oxygen atoms in total. The van der Waals surface area contributed by atoms with E-state index < -0.39 is 49.0 Å². The summed E-state index contributed by atoms with van der Waals surface area (Å²) < 4.78 is 22.3. The van der Waals surface area contributed by atoms with Gasteiger partial charge in [-0.25, -0.2) is 0 Å². The Kier molecular flexibility index (Phi) is 7.60. The Morgan fingerprint density at radius 2 is 1.66 bits per heavy atom. The third-order valence-electron chi connectivity index (χ3n) is 5.14. The minimum atomic E-state index is -1.39. The van der Waals surface area contributed by atoms with Crippen LogP contribution in [0.3, 0.4) is 0 Å². The fourth-order valence-electron chi connectivity index (χ4n) is 3.30. The maximum absolute atomic E-state index is 10.6. The van der Waals surface area contributed by atoms with Gasteiger partial charge in [-0.3, -0.25) is 0 Å². The number of hydrogen-bond donors (Lipinski definition) is 5. The van der Waals surface area contributed by atoms with Crippen LogP contribution in [0.4, 0.5) is 0 Å². The summed E-state index contributed by atoms with van der Waals surface area (Å²) in [6.45, 7) is 1.07. The van der Waals surface area contributed by atoms with Crippen LogP contribution in [0.1, 0.15) is 12.5 Å².